The molecule has 1 fully saturated rings. The van der Waals surface area contributed by atoms with Gasteiger partial charge in [-0.15, -0.1) is 21.5 Å². The minimum atomic E-state index is -4.84. The van der Waals surface area contributed by atoms with Crippen molar-refractivity contribution in [3.8, 4) is 28.6 Å². The number of nitriles is 1. The van der Waals surface area contributed by atoms with E-state index in [4.69, 9.17) is 0 Å². The van der Waals surface area contributed by atoms with Crippen LogP contribution >= 0.6 is 11.3 Å². The van der Waals surface area contributed by atoms with E-state index in [0.29, 0.717) is 6.07 Å². The normalized spacial score (nSPS) is 15.5. The molecule has 4 aromatic rings. The topological polar surface area (TPSA) is 96.4 Å². The van der Waals surface area contributed by atoms with Crippen LogP contribution < -0.4 is 4.90 Å². The number of hydrogen-bond donors (Lipinski definition) is 0. The maximum Gasteiger partial charge on any atom is 0.433 e. The quantitative estimate of drug-likeness (QED) is 0.273. The monoisotopic (exact) mass is 532 g/mol. The fraction of sp³-hybridized carbons (Fsp3) is 0.304. The van der Waals surface area contributed by atoms with Gasteiger partial charge in [0.25, 0.3) is 0 Å². The number of nitrogens with zero attached hydrogens (tertiary/aromatic N) is 8. The number of aromatic nitrogens is 6. The smallest absolute Gasteiger partial charge is 0.368 e. The number of alkyl halides is 4. The highest BCUT2D eigenvalue weighted by Gasteiger charge is 2.42. The molecule has 1 aliphatic rings. The van der Waals surface area contributed by atoms with E-state index in [1.165, 1.54) is 33.8 Å². The van der Waals surface area contributed by atoms with Crippen LogP contribution in [0.1, 0.15) is 29.9 Å². The van der Waals surface area contributed by atoms with Crippen molar-refractivity contribution in [2.75, 3.05) is 18.0 Å². The maximum absolute atomic E-state index is 15.7. The molecule has 1 saturated heterocycles. The fourth-order valence-corrected chi connectivity index (χ4v) is 4.94. The first-order chi connectivity index (χ1) is 17.6. The van der Waals surface area contributed by atoms with Crippen LogP contribution in [0, 0.1) is 17.3 Å². The van der Waals surface area contributed by atoms with Crippen LogP contribution in [0.5, 0.6) is 0 Å². The first kappa shape index (κ1) is 24.7. The van der Waals surface area contributed by atoms with Crippen LogP contribution in [0.2, 0.25) is 0 Å². The summed E-state index contributed by atoms with van der Waals surface area (Å²) in [5.41, 5.74) is -1.71. The van der Waals surface area contributed by atoms with Crippen LogP contribution in [0.4, 0.5) is 27.6 Å². The van der Waals surface area contributed by atoms with E-state index in [-0.39, 0.29) is 65.5 Å². The van der Waals surface area contributed by atoms with Gasteiger partial charge in [-0.1, -0.05) is 0 Å². The molecular weight excluding hydrogens is 515 g/mol. The first-order valence-electron chi connectivity index (χ1n) is 11.0. The van der Waals surface area contributed by atoms with Crippen molar-refractivity contribution in [1.29, 1.82) is 5.26 Å². The number of halogens is 5. The number of piperidine rings is 1. The standard InChI is InChI=1S/C23H17F5N8S/c1-35-11-32-34-21(35)22(25)2-4-36(5-3-22)19-13(8-29)7-17(23(26,27)28)33-18(19)14-6-15(20(24)30-9-14)16-10-37-12-31-16/h6-7,9-12H,2-5H2,1H3. The molecule has 37 heavy (non-hydrogen) atoms. The molecule has 5 heterocycles. The molecule has 0 radical (unpaired) electrons. The van der Waals surface area contributed by atoms with E-state index in [1.54, 1.807) is 17.3 Å². The minimum absolute atomic E-state index is 0.0221. The van der Waals surface area contributed by atoms with Crippen molar-refractivity contribution in [3.63, 3.8) is 0 Å². The van der Waals surface area contributed by atoms with Gasteiger partial charge in [-0.05, 0) is 12.1 Å². The van der Waals surface area contributed by atoms with Crippen LogP contribution in [0.3, 0.4) is 0 Å². The Morgan fingerprint density at radius 2 is 1.92 bits per heavy atom. The van der Waals surface area contributed by atoms with Crippen LogP contribution in [0.15, 0.2) is 35.5 Å². The molecule has 0 aromatic carbocycles. The molecule has 0 spiro atoms. The molecule has 14 heteroatoms. The van der Waals surface area contributed by atoms with Gasteiger partial charge in [0.2, 0.25) is 5.95 Å². The van der Waals surface area contributed by atoms with Gasteiger partial charge in [-0.2, -0.15) is 22.8 Å². The van der Waals surface area contributed by atoms with Gasteiger partial charge in [0.05, 0.1) is 33.7 Å². The third-order valence-electron chi connectivity index (χ3n) is 6.21. The summed E-state index contributed by atoms with van der Waals surface area (Å²) in [7, 11) is 1.62. The largest absolute Gasteiger partial charge is 0.433 e. The Bertz CT molecular complexity index is 1480. The SMILES string of the molecule is Cn1cnnc1C1(F)CCN(c2c(C#N)cc(C(F)(F)F)nc2-c2cnc(F)c(-c3cscn3)c2)CC1. The zero-order chi connectivity index (χ0) is 26.4. The molecule has 0 amide bonds. The Hall–Kier alpha value is -3.99. The third-order valence-corrected chi connectivity index (χ3v) is 6.80. The van der Waals surface area contributed by atoms with E-state index < -0.39 is 23.5 Å². The number of rotatable bonds is 4. The third kappa shape index (κ3) is 4.50. The van der Waals surface area contributed by atoms with Crippen LogP contribution in [-0.2, 0) is 18.9 Å². The summed E-state index contributed by atoms with van der Waals surface area (Å²) >= 11 is 1.21. The zero-order valence-electron chi connectivity index (χ0n) is 19.2. The Labute approximate surface area is 211 Å². The van der Waals surface area contributed by atoms with Gasteiger partial charge < -0.3 is 9.47 Å². The lowest BCUT2D eigenvalue weighted by Gasteiger charge is -2.38. The fourth-order valence-electron chi connectivity index (χ4n) is 4.39. The van der Waals surface area contributed by atoms with Gasteiger partial charge in [0.1, 0.15) is 18.1 Å². The summed E-state index contributed by atoms with van der Waals surface area (Å²) in [5.74, 6) is -0.707. The van der Waals surface area contributed by atoms with Crippen LogP contribution in [-0.4, -0.2) is 42.8 Å². The van der Waals surface area contributed by atoms with Crippen molar-refractivity contribution >= 4 is 17.0 Å². The first-order valence-corrected chi connectivity index (χ1v) is 11.9. The van der Waals surface area contributed by atoms with Crippen molar-refractivity contribution in [2.24, 2.45) is 7.05 Å². The Morgan fingerprint density at radius 1 is 1.16 bits per heavy atom. The highest BCUT2D eigenvalue weighted by molar-refractivity contribution is 7.07. The number of thiazole rings is 1. The molecule has 4 aromatic heterocycles. The van der Waals surface area contributed by atoms with Crippen molar-refractivity contribution in [2.45, 2.75) is 24.7 Å². The number of aryl methyl sites for hydroxylation is 1. The lowest BCUT2D eigenvalue weighted by atomic mass is 9.91. The summed E-state index contributed by atoms with van der Waals surface area (Å²) in [5, 5.41) is 19.0. The molecule has 0 bridgehead atoms. The molecule has 1 aliphatic heterocycles. The molecular formula is C23H17F5N8S. The molecule has 0 saturated carbocycles. The Balaban J connectivity index is 1.62. The summed E-state index contributed by atoms with van der Waals surface area (Å²) in [6.45, 7) is 0.122. The van der Waals surface area contributed by atoms with Crippen molar-refractivity contribution in [3.05, 3.63) is 58.6 Å². The van der Waals surface area contributed by atoms with Crippen molar-refractivity contribution in [1.82, 2.24) is 29.7 Å². The van der Waals surface area contributed by atoms with E-state index in [2.05, 4.69) is 25.1 Å². The lowest BCUT2D eigenvalue weighted by molar-refractivity contribution is -0.141. The molecule has 5 rings (SSSR count). The summed E-state index contributed by atoms with van der Waals surface area (Å²) in [6.07, 6.45) is -2.49. The molecule has 190 valence electrons. The van der Waals surface area contributed by atoms with Crippen molar-refractivity contribution < 1.29 is 22.0 Å². The summed E-state index contributed by atoms with van der Waals surface area (Å²) in [4.78, 5) is 13.2. The lowest BCUT2D eigenvalue weighted by Crippen LogP contribution is -2.42. The molecule has 0 N–H and O–H groups in total. The zero-order valence-corrected chi connectivity index (χ0v) is 20.0. The second-order valence-electron chi connectivity index (χ2n) is 8.52. The van der Waals surface area contributed by atoms with E-state index in [9.17, 15) is 22.8 Å². The minimum Gasteiger partial charge on any atom is -0.368 e. The van der Waals surface area contributed by atoms with Gasteiger partial charge in [-0.25, -0.2) is 19.3 Å². The maximum atomic E-state index is 15.7. The number of pyridine rings is 2. The second-order valence-corrected chi connectivity index (χ2v) is 9.23. The molecule has 8 nitrogen and oxygen atoms in total. The highest BCUT2D eigenvalue weighted by Crippen LogP contribution is 2.42. The molecule has 0 aliphatic carbocycles. The predicted octanol–water partition coefficient (Wildman–Crippen LogP) is 4.89. The van der Waals surface area contributed by atoms with Gasteiger partial charge >= 0.3 is 6.18 Å². The van der Waals surface area contributed by atoms with Gasteiger partial charge in [-0.3, -0.25) is 0 Å². The van der Waals surface area contributed by atoms with E-state index in [0.717, 1.165) is 6.20 Å². The van der Waals surface area contributed by atoms with Crippen LogP contribution in [0.25, 0.3) is 22.5 Å². The summed E-state index contributed by atoms with van der Waals surface area (Å²) < 4.78 is 72.8. The predicted molar refractivity (Wildman–Crippen MR) is 123 cm³/mol. The summed E-state index contributed by atoms with van der Waals surface area (Å²) in [6, 6.07) is 3.78. The Morgan fingerprint density at radius 3 is 2.51 bits per heavy atom. The Kier molecular flexibility index (Phi) is 6.10. The van der Waals surface area contributed by atoms with Gasteiger partial charge in [0.15, 0.2) is 11.5 Å². The molecule has 0 unspecified atom stereocenters. The second kappa shape index (κ2) is 9.15. The average Bonchev–Trinajstić information content (AvgIpc) is 3.56. The number of hydrogen-bond acceptors (Lipinski definition) is 8. The molecule has 0 atom stereocenters. The van der Waals surface area contributed by atoms with E-state index in [1.807, 2.05) is 6.07 Å². The highest BCUT2D eigenvalue weighted by atomic mass is 32.1. The average molecular weight is 533 g/mol. The van der Waals surface area contributed by atoms with Gasteiger partial charge in [0, 0.05) is 50.1 Å². The van der Waals surface area contributed by atoms with E-state index >= 15 is 4.39 Å². The number of anilines is 1.